The summed E-state index contributed by atoms with van der Waals surface area (Å²) in [5, 5.41) is 0. The Labute approximate surface area is 83.8 Å². The summed E-state index contributed by atoms with van der Waals surface area (Å²) in [4.78, 5) is 17.0. The van der Waals surface area contributed by atoms with Crippen molar-refractivity contribution in [3.8, 4) is 0 Å². The first-order valence-corrected chi connectivity index (χ1v) is 4.99. The molecule has 1 aliphatic heterocycles. The van der Waals surface area contributed by atoms with Crippen LogP contribution in [0.1, 0.15) is 30.1 Å². The summed E-state index contributed by atoms with van der Waals surface area (Å²) in [7, 11) is 0. The van der Waals surface area contributed by atoms with E-state index in [0.29, 0.717) is 11.6 Å². The fourth-order valence-electron chi connectivity index (χ4n) is 1.91. The van der Waals surface area contributed by atoms with Gasteiger partial charge in [0.1, 0.15) is 5.82 Å². The van der Waals surface area contributed by atoms with E-state index >= 15 is 0 Å². The molecule has 14 heavy (non-hydrogen) atoms. The lowest BCUT2D eigenvalue weighted by atomic mass is 10.2. The summed E-state index contributed by atoms with van der Waals surface area (Å²) in [6.07, 6.45) is 4.92. The maximum Gasteiger partial charge on any atom is 0.151 e. The number of hydrogen-bond acceptors (Lipinski definition) is 3. The summed E-state index contributed by atoms with van der Waals surface area (Å²) >= 11 is 0. The summed E-state index contributed by atoms with van der Waals surface area (Å²) in [5.74, 6) is 0.987. The second kappa shape index (κ2) is 3.78. The van der Waals surface area contributed by atoms with E-state index < -0.39 is 0 Å². The van der Waals surface area contributed by atoms with Crippen molar-refractivity contribution in [1.82, 2.24) is 4.98 Å². The highest BCUT2D eigenvalue weighted by molar-refractivity contribution is 5.74. The predicted molar refractivity (Wildman–Crippen MR) is 55.7 cm³/mol. The molecule has 0 bridgehead atoms. The molecule has 1 aliphatic rings. The maximum atomic E-state index is 10.4. The average Bonchev–Trinajstić information content (AvgIpc) is 2.65. The molecule has 1 aromatic rings. The Hall–Kier alpha value is -1.38. The SMILES string of the molecule is CC1CCCN1c1ccc(C=O)cn1. The molecular formula is C11H14N2O. The van der Waals surface area contributed by atoms with Gasteiger partial charge in [0.25, 0.3) is 0 Å². The van der Waals surface area contributed by atoms with Crippen LogP contribution in [0.5, 0.6) is 0 Å². The molecule has 0 N–H and O–H groups in total. The van der Waals surface area contributed by atoms with Crippen LogP contribution in [0.3, 0.4) is 0 Å². The fourth-order valence-corrected chi connectivity index (χ4v) is 1.91. The van der Waals surface area contributed by atoms with Crippen molar-refractivity contribution in [2.75, 3.05) is 11.4 Å². The molecule has 0 aliphatic carbocycles. The lowest BCUT2D eigenvalue weighted by Gasteiger charge is -2.22. The molecule has 0 radical (unpaired) electrons. The second-order valence-electron chi connectivity index (χ2n) is 3.75. The number of aromatic nitrogens is 1. The Morgan fingerprint density at radius 3 is 2.93 bits per heavy atom. The lowest BCUT2D eigenvalue weighted by Crippen LogP contribution is -2.27. The van der Waals surface area contributed by atoms with Gasteiger partial charge in [0.05, 0.1) is 0 Å². The zero-order valence-electron chi connectivity index (χ0n) is 8.31. The minimum Gasteiger partial charge on any atom is -0.354 e. The predicted octanol–water partition coefficient (Wildman–Crippen LogP) is 1.88. The van der Waals surface area contributed by atoms with Gasteiger partial charge in [-0.15, -0.1) is 0 Å². The van der Waals surface area contributed by atoms with Crippen LogP contribution in [-0.2, 0) is 0 Å². The van der Waals surface area contributed by atoms with Gasteiger partial charge in [0, 0.05) is 24.3 Å². The second-order valence-corrected chi connectivity index (χ2v) is 3.75. The van der Waals surface area contributed by atoms with E-state index in [1.54, 1.807) is 6.20 Å². The monoisotopic (exact) mass is 190 g/mol. The molecule has 1 saturated heterocycles. The van der Waals surface area contributed by atoms with E-state index in [4.69, 9.17) is 0 Å². The van der Waals surface area contributed by atoms with Gasteiger partial charge in [0.15, 0.2) is 6.29 Å². The molecule has 2 heterocycles. The molecule has 0 aromatic carbocycles. The maximum absolute atomic E-state index is 10.4. The van der Waals surface area contributed by atoms with Crippen LogP contribution in [0.2, 0.25) is 0 Å². The summed E-state index contributed by atoms with van der Waals surface area (Å²) in [6, 6.07) is 4.32. The molecule has 0 amide bonds. The summed E-state index contributed by atoms with van der Waals surface area (Å²) < 4.78 is 0. The molecule has 1 fully saturated rings. The molecule has 0 spiro atoms. The van der Waals surface area contributed by atoms with E-state index in [2.05, 4.69) is 16.8 Å². The van der Waals surface area contributed by atoms with Gasteiger partial charge in [-0.05, 0) is 31.9 Å². The number of anilines is 1. The zero-order chi connectivity index (χ0) is 9.97. The Balaban J connectivity index is 2.19. The number of carbonyl (C=O) groups excluding carboxylic acids is 1. The topological polar surface area (TPSA) is 33.2 Å². The lowest BCUT2D eigenvalue weighted by molar-refractivity contribution is 0.112. The van der Waals surface area contributed by atoms with Gasteiger partial charge in [-0.2, -0.15) is 0 Å². The highest BCUT2D eigenvalue weighted by Crippen LogP contribution is 2.22. The Bertz CT molecular complexity index is 321. The van der Waals surface area contributed by atoms with Crippen LogP contribution in [0.15, 0.2) is 18.3 Å². The van der Waals surface area contributed by atoms with Crippen LogP contribution in [0.25, 0.3) is 0 Å². The van der Waals surface area contributed by atoms with Crippen molar-refractivity contribution in [3.63, 3.8) is 0 Å². The van der Waals surface area contributed by atoms with E-state index in [1.807, 2.05) is 12.1 Å². The van der Waals surface area contributed by atoms with Crippen molar-refractivity contribution >= 4 is 12.1 Å². The molecule has 1 atom stereocenters. The van der Waals surface area contributed by atoms with E-state index in [0.717, 1.165) is 18.6 Å². The molecule has 3 heteroatoms. The molecule has 74 valence electrons. The Kier molecular flexibility index (Phi) is 2.48. The number of pyridine rings is 1. The third kappa shape index (κ3) is 1.62. The molecule has 2 rings (SSSR count). The van der Waals surface area contributed by atoms with Crippen LogP contribution < -0.4 is 4.90 Å². The van der Waals surface area contributed by atoms with Gasteiger partial charge in [-0.25, -0.2) is 4.98 Å². The molecule has 1 aromatic heterocycles. The van der Waals surface area contributed by atoms with Crippen LogP contribution >= 0.6 is 0 Å². The number of nitrogens with zero attached hydrogens (tertiary/aromatic N) is 2. The van der Waals surface area contributed by atoms with Crippen molar-refractivity contribution < 1.29 is 4.79 Å². The van der Waals surface area contributed by atoms with Gasteiger partial charge in [-0.1, -0.05) is 0 Å². The van der Waals surface area contributed by atoms with E-state index in [9.17, 15) is 4.79 Å². The average molecular weight is 190 g/mol. The van der Waals surface area contributed by atoms with Crippen LogP contribution in [0.4, 0.5) is 5.82 Å². The van der Waals surface area contributed by atoms with Gasteiger partial charge in [-0.3, -0.25) is 4.79 Å². The van der Waals surface area contributed by atoms with Crippen molar-refractivity contribution in [2.24, 2.45) is 0 Å². The number of carbonyl (C=O) groups is 1. The molecule has 3 nitrogen and oxygen atoms in total. The first-order chi connectivity index (χ1) is 6.81. The number of hydrogen-bond donors (Lipinski definition) is 0. The first kappa shape index (κ1) is 9.19. The van der Waals surface area contributed by atoms with Gasteiger partial charge < -0.3 is 4.90 Å². The fraction of sp³-hybridized carbons (Fsp3) is 0.455. The van der Waals surface area contributed by atoms with Crippen molar-refractivity contribution in [1.29, 1.82) is 0 Å². The van der Waals surface area contributed by atoms with Gasteiger partial charge in [0.2, 0.25) is 0 Å². The standard InChI is InChI=1S/C11H14N2O/c1-9-3-2-6-13(9)11-5-4-10(8-14)7-12-11/h4-5,7-9H,2-3,6H2,1H3. The summed E-state index contributed by atoms with van der Waals surface area (Å²) in [6.45, 7) is 3.29. The third-order valence-electron chi connectivity index (χ3n) is 2.75. The smallest absolute Gasteiger partial charge is 0.151 e. The number of aldehydes is 1. The van der Waals surface area contributed by atoms with Crippen LogP contribution in [0, 0.1) is 0 Å². The van der Waals surface area contributed by atoms with Crippen molar-refractivity contribution in [2.45, 2.75) is 25.8 Å². The third-order valence-corrected chi connectivity index (χ3v) is 2.75. The summed E-state index contributed by atoms with van der Waals surface area (Å²) in [5.41, 5.74) is 0.639. The molecule has 0 saturated carbocycles. The van der Waals surface area contributed by atoms with E-state index in [-0.39, 0.29) is 0 Å². The zero-order valence-corrected chi connectivity index (χ0v) is 8.31. The first-order valence-electron chi connectivity index (χ1n) is 4.99. The Morgan fingerprint density at radius 2 is 2.43 bits per heavy atom. The minimum absolute atomic E-state index is 0.574. The molecular weight excluding hydrogens is 176 g/mol. The van der Waals surface area contributed by atoms with Crippen LogP contribution in [-0.4, -0.2) is 23.9 Å². The quantitative estimate of drug-likeness (QED) is 0.668. The normalized spacial score (nSPS) is 21.2. The van der Waals surface area contributed by atoms with E-state index in [1.165, 1.54) is 12.8 Å². The molecule has 1 unspecified atom stereocenters. The Morgan fingerprint density at radius 1 is 1.57 bits per heavy atom. The highest BCUT2D eigenvalue weighted by Gasteiger charge is 2.20. The van der Waals surface area contributed by atoms with Crippen molar-refractivity contribution in [3.05, 3.63) is 23.9 Å². The van der Waals surface area contributed by atoms with Gasteiger partial charge >= 0.3 is 0 Å². The minimum atomic E-state index is 0.574. The number of rotatable bonds is 2. The highest BCUT2D eigenvalue weighted by atomic mass is 16.1. The largest absolute Gasteiger partial charge is 0.354 e.